The number of hydrogen-bond acceptors (Lipinski definition) is 3. The molecule has 0 aromatic heterocycles. The third kappa shape index (κ3) is 3.90. The van der Waals surface area contributed by atoms with Crippen molar-refractivity contribution in [2.75, 3.05) is 19.6 Å². The molecule has 19 heavy (non-hydrogen) atoms. The molecule has 1 aliphatic heterocycles. The highest BCUT2D eigenvalue weighted by atomic mass is 32.2. The summed E-state index contributed by atoms with van der Waals surface area (Å²) in [5.74, 6) is -1.05. The van der Waals surface area contributed by atoms with E-state index in [4.69, 9.17) is 0 Å². The highest BCUT2D eigenvalue weighted by molar-refractivity contribution is 7.86. The largest absolute Gasteiger partial charge is 0.480 e. The summed E-state index contributed by atoms with van der Waals surface area (Å²) in [4.78, 5) is 11.2. The fraction of sp³-hybridized carbons (Fsp3) is 0.917. The lowest BCUT2D eigenvalue weighted by Crippen LogP contribution is -2.53. The maximum absolute atomic E-state index is 12.6. The first kappa shape index (κ1) is 16.4. The van der Waals surface area contributed by atoms with Gasteiger partial charge in [-0.2, -0.15) is 17.0 Å². The predicted molar refractivity (Wildman–Crippen MR) is 73.1 cm³/mol. The molecular formula is C12H24N2O4S. The van der Waals surface area contributed by atoms with Crippen molar-refractivity contribution in [2.24, 2.45) is 0 Å². The zero-order valence-corrected chi connectivity index (χ0v) is 12.5. The van der Waals surface area contributed by atoms with Gasteiger partial charge in [-0.15, -0.1) is 0 Å². The Balaban J connectivity index is 2.96. The van der Waals surface area contributed by atoms with Gasteiger partial charge in [-0.25, -0.2) is 0 Å². The maximum Gasteiger partial charge on any atom is 0.322 e. The van der Waals surface area contributed by atoms with Crippen molar-refractivity contribution in [1.82, 2.24) is 8.61 Å². The van der Waals surface area contributed by atoms with Gasteiger partial charge in [0.15, 0.2) is 0 Å². The smallest absolute Gasteiger partial charge is 0.322 e. The van der Waals surface area contributed by atoms with Gasteiger partial charge in [0.05, 0.1) is 0 Å². The second-order valence-electron chi connectivity index (χ2n) is 4.87. The van der Waals surface area contributed by atoms with Gasteiger partial charge in [0.1, 0.15) is 6.04 Å². The van der Waals surface area contributed by atoms with Crippen LogP contribution in [-0.4, -0.2) is 53.8 Å². The molecule has 1 aliphatic rings. The van der Waals surface area contributed by atoms with Gasteiger partial charge >= 0.3 is 5.97 Å². The minimum Gasteiger partial charge on any atom is -0.480 e. The fourth-order valence-electron chi connectivity index (χ4n) is 2.42. The van der Waals surface area contributed by atoms with E-state index < -0.39 is 22.2 Å². The Morgan fingerprint density at radius 2 is 1.84 bits per heavy atom. The molecule has 0 aliphatic carbocycles. The van der Waals surface area contributed by atoms with E-state index in [0.29, 0.717) is 26.1 Å². The molecule has 0 bridgehead atoms. The molecule has 7 heteroatoms. The molecule has 1 fully saturated rings. The van der Waals surface area contributed by atoms with Crippen molar-refractivity contribution in [1.29, 1.82) is 0 Å². The van der Waals surface area contributed by atoms with Crippen molar-refractivity contribution in [2.45, 2.75) is 52.0 Å². The Morgan fingerprint density at radius 3 is 2.32 bits per heavy atom. The van der Waals surface area contributed by atoms with E-state index in [1.807, 2.05) is 13.8 Å². The van der Waals surface area contributed by atoms with E-state index in [1.54, 1.807) is 0 Å². The molecule has 6 nitrogen and oxygen atoms in total. The highest BCUT2D eigenvalue weighted by Gasteiger charge is 2.39. The van der Waals surface area contributed by atoms with Crippen LogP contribution in [0.15, 0.2) is 0 Å². The third-order valence-corrected chi connectivity index (χ3v) is 5.35. The second kappa shape index (κ2) is 7.21. The van der Waals surface area contributed by atoms with Gasteiger partial charge in [-0.05, 0) is 32.1 Å². The molecule has 1 saturated heterocycles. The van der Waals surface area contributed by atoms with Crippen LogP contribution < -0.4 is 0 Å². The molecule has 1 atom stereocenters. The van der Waals surface area contributed by atoms with E-state index >= 15 is 0 Å². The quantitative estimate of drug-likeness (QED) is 0.767. The minimum absolute atomic E-state index is 0.309. The lowest BCUT2D eigenvalue weighted by atomic mass is 10.1. The molecule has 1 N–H and O–H groups in total. The molecule has 0 saturated carbocycles. The van der Waals surface area contributed by atoms with E-state index in [9.17, 15) is 18.3 Å². The van der Waals surface area contributed by atoms with Crippen molar-refractivity contribution >= 4 is 16.2 Å². The fourth-order valence-corrected chi connectivity index (χ4v) is 4.42. The van der Waals surface area contributed by atoms with Gasteiger partial charge in [0, 0.05) is 19.6 Å². The first-order chi connectivity index (χ1) is 8.95. The zero-order valence-electron chi connectivity index (χ0n) is 11.7. The lowest BCUT2D eigenvalue weighted by Gasteiger charge is -2.35. The van der Waals surface area contributed by atoms with E-state index in [2.05, 4.69) is 0 Å². The van der Waals surface area contributed by atoms with Crippen LogP contribution in [0.1, 0.15) is 46.0 Å². The highest BCUT2D eigenvalue weighted by Crippen LogP contribution is 2.23. The predicted octanol–water partition coefficient (Wildman–Crippen LogP) is 1.29. The molecule has 1 rings (SSSR count). The van der Waals surface area contributed by atoms with Gasteiger partial charge in [0.2, 0.25) is 0 Å². The lowest BCUT2D eigenvalue weighted by molar-refractivity contribution is -0.142. The minimum atomic E-state index is -3.66. The number of piperidine rings is 1. The Labute approximate surface area is 115 Å². The van der Waals surface area contributed by atoms with Crippen molar-refractivity contribution in [3.05, 3.63) is 0 Å². The molecule has 0 spiro atoms. The monoisotopic (exact) mass is 292 g/mol. The van der Waals surface area contributed by atoms with Crippen molar-refractivity contribution < 1.29 is 18.3 Å². The number of rotatable bonds is 7. The zero-order chi connectivity index (χ0) is 14.5. The molecule has 0 amide bonds. The summed E-state index contributed by atoms with van der Waals surface area (Å²) in [7, 11) is -3.66. The second-order valence-corrected chi connectivity index (χ2v) is 6.75. The number of hydrogen-bond donors (Lipinski definition) is 1. The van der Waals surface area contributed by atoms with E-state index in [0.717, 1.165) is 25.7 Å². The first-order valence-corrected chi connectivity index (χ1v) is 8.34. The van der Waals surface area contributed by atoms with Crippen LogP contribution in [0.5, 0.6) is 0 Å². The van der Waals surface area contributed by atoms with Crippen LogP contribution in [0.2, 0.25) is 0 Å². The van der Waals surface area contributed by atoms with Gasteiger partial charge in [-0.3, -0.25) is 4.79 Å². The summed E-state index contributed by atoms with van der Waals surface area (Å²) < 4.78 is 27.7. The molecule has 112 valence electrons. The Bertz CT molecular complexity index is 391. The van der Waals surface area contributed by atoms with Crippen molar-refractivity contribution in [3.8, 4) is 0 Å². The standard InChI is InChI=1S/C12H24N2O4S/c1-3-8-13(9-4-2)19(17,18)14-10-6-5-7-11(14)12(15)16/h11H,3-10H2,1-2H3,(H,15,16). The first-order valence-electron chi connectivity index (χ1n) is 6.94. The summed E-state index contributed by atoms with van der Waals surface area (Å²) in [6.45, 7) is 5.04. The average Bonchev–Trinajstić information content (AvgIpc) is 2.38. The van der Waals surface area contributed by atoms with Crippen molar-refractivity contribution in [3.63, 3.8) is 0 Å². The average molecular weight is 292 g/mol. The third-order valence-electron chi connectivity index (χ3n) is 3.31. The van der Waals surface area contributed by atoms with Crippen LogP contribution in [0.3, 0.4) is 0 Å². The molecule has 1 heterocycles. The molecule has 0 radical (unpaired) electrons. The van der Waals surface area contributed by atoms with E-state index in [1.165, 1.54) is 8.61 Å². The normalized spacial score (nSPS) is 21.7. The Hall–Kier alpha value is -0.660. The number of aliphatic carboxylic acids is 1. The summed E-state index contributed by atoms with van der Waals surface area (Å²) in [5.41, 5.74) is 0. The van der Waals surface area contributed by atoms with Crippen LogP contribution in [0.25, 0.3) is 0 Å². The summed E-state index contributed by atoms with van der Waals surface area (Å²) in [6.07, 6.45) is 3.36. The van der Waals surface area contributed by atoms with Gasteiger partial charge in [-0.1, -0.05) is 13.8 Å². The Morgan fingerprint density at radius 1 is 1.26 bits per heavy atom. The van der Waals surface area contributed by atoms with Crippen LogP contribution in [0.4, 0.5) is 0 Å². The number of nitrogens with zero attached hydrogens (tertiary/aromatic N) is 2. The van der Waals surface area contributed by atoms with Gasteiger partial charge in [0.25, 0.3) is 10.2 Å². The summed E-state index contributed by atoms with van der Waals surface area (Å²) in [6, 6.07) is -0.907. The van der Waals surface area contributed by atoms with Crippen LogP contribution in [0, 0.1) is 0 Å². The Kier molecular flexibility index (Phi) is 6.22. The maximum atomic E-state index is 12.6. The van der Waals surface area contributed by atoms with Crippen LogP contribution >= 0.6 is 0 Å². The molecule has 0 aromatic carbocycles. The van der Waals surface area contributed by atoms with Gasteiger partial charge < -0.3 is 5.11 Å². The number of carbonyl (C=O) groups is 1. The molecule has 1 unspecified atom stereocenters. The van der Waals surface area contributed by atoms with Crippen LogP contribution in [-0.2, 0) is 15.0 Å². The number of carboxylic acid groups (broad SMARTS) is 1. The van der Waals surface area contributed by atoms with E-state index in [-0.39, 0.29) is 0 Å². The SMILES string of the molecule is CCCN(CCC)S(=O)(=O)N1CCCCC1C(=O)O. The topological polar surface area (TPSA) is 77.9 Å². The summed E-state index contributed by atoms with van der Waals surface area (Å²) in [5, 5.41) is 9.19. The number of carboxylic acids is 1. The molecular weight excluding hydrogens is 268 g/mol. The molecule has 0 aromatic rings. The summed E-state index contributed by atoms with van der Waals surface area (Å²) >= 11 is 0.